The van der Waals surface area contributed by atoms with Gasteiger partial charge in [-0.1, -0.05) is 6.08 Å². The van der Waals surface area contributed by atoms with E-state index in [0.717, 1.165) is 16.8 Å². The van der Waals surface area contributed by atoms with Crippen LogP contribution >= 0.6 is 12.1 Å². The van der Waals surface area contributed by atoms with Crippen LogP contribution in [0.15, 0.2) is 35.1 Å². The van der Waals surface area contributed by atoms with Crippen molar-refractivity contribution in [3.8, 4) is 0 Å². The van der Waals surface area contributed by atoms with Crippen LogP contribution in [0.4, 0.5) is 0 Å². The second kappa shape index (κ2) is 5.83. The lowest BCUT2D eigenvalue weighted by Crippen LogP contribution is -2.41. The Hall–Kier alpha value is -0.860. The van der Waals surface area contributed by atoms with E-state index < -0.39 is 14.2 Å². The van der Waals surface area contributed by atoms with Gasteiger partial charge in [0.05, 0.1) is 45.8 Å². The Bertz CT molecular complexity index is 728. The van der Waals surface area contributed by atoms with Gasteiger partial charge in [0.25, 0.3) is 0 Å². The molecule has 0 aliphatic carbocycles. The predicted octanol–water partition coefficient (Wildman–Crippen LogP) is 3.38. The quantitative estimate of drug-likeness (QED) is 0.573. The maximum atomic E-state index is 6.25. The summed E-state index contributed by atoms with van der Waals surface area (Å²) >= 11 is 1.49. The summed E-state index contributed by atoms with van der Waals surface area (Å²) in [6.07, 6.45) is 6.07. The first-order valence-electron chi connectivity index (χ1n) is 9.41. The van der Waals surface area contributed by atoms with E-state index >= 15 is 0 Å². The van der Waals surface area contributed by atoms with Crippen molar-refractivity contribution in [2.75, 3.05) is 0 Å². The molecular weight excluding hydrogens is 362 g/mol. The third kappa shape index (κ3) is 2.90. The number of allylic oxidation sites excluding steroid dienone is 3. The Labute approximate surface area is 167 Å². The van der Waals surface area contributed by atoms with Crippen molar-refractivity contribution in [2.24, 2.45) is 0 Å². The van der Waals surface area contributed by atoms with Crippen molar-refractivity contribution in [2.45, 2.75) is 77.8 Å². The SMILES string of the molecule is CC1(C)OB(C2=CC=C(B3OC(C)(C)C(C)(C)O3)N3SNC=C23)OC1(C)C. The fourth-order valence-electron chi connectivity index (χ4n) is 3.27. The Morgan fingerprint density at radius 3 is 1.78 bits per heavy atom. The summed E-state index contributed by atoms with van der Waals surface area (Å²) in [6, 6.07) is 0. The van der Waals surface area contributed by atoms with Gasteiger partial charge in [0.2, 0.25) is 0 Å². The smallest absolute Gasteiger partial charge is 0.399 e. The minimum Gasteiger partial charge on any atom is -0.399 e. The molecule has 0 aromatic rings. The van der Waals surface area contributed by atoms with Crippen LogP contribution in [0, 0.1) is 0 Å². The molecule has 2 fully saturated rings. The maximum absolute atomic E-state index is 6.25. The van der Waals surface area contributed by atoms with Gasteiger partial charge in [-0.3, -0.25) is 4.31 Å². The Morgan fingerprint density at radius 1 is 0.778 bits per heavy atom. The van der Waals surface area contributed by atoms with E-state index in [4.69, 9.17) is 18.6 Å². The summed E-state index contributed by atoms with van der Waals surface area (Å²) in [7, 11) is -0.845. The van der Waals surface area contributed by atoms with Crippen molar-refractivity contribution in [1.29, 1.82) is 0 Å². The molecule has 4 aliphatic rings. The molecule has 0 bridgehead atoms. The van der Waals surface area contributed by atoms with Crippen LogP contribution in [-0.4, -0.2) is 40.9 Å². The lowest BCUT2D eigenvalue weighted by molar-refractivity contribution is 0.00578. The summed E-state index contributed by atoms with van der Waals surface area (Å²) in [6.45, 7) is 16.5. The molecule has 4 aliphatic heterocycles. The predicted molar refractivity (Wildman–Crippen MR) is 109 cm³/mol. The van der Waals surface area contributed by atoms with Crippen molar-refractivity contribution >= 4 is 26.4 Å². The molecule has 2 saturated heterocycles. The standard InChI is InChI=1S/C18H28B2N2O4S/c1-15(2)16(3,4)24-19(23-15)12-9-10-14(22-13(12)11-21-27-22)20-25-17(5,6)18(7,8)26-20/h9-11,21H,1-8H3. The molecule has 0 unspecified atom stereocenters. The molecule has 0 atom stereocenters. The van der Waals surface area contributed by atoms with Crippen molar-refractivity contribution in [3.63, 3.8) is 0 Å². The highest BCUT2D eigenvalue weighted by Crippen LogP contribution is 2.46. The van der Waals surface area contributed by atoms with Gasteiger partial charge in [0, 0.05) is 11.7 Å². The fraction of sp³-hybridized carbons (Fsp3) is 0.667. The van der Waals surface area contributed by atoms with E-state index in [1.807, 2.05) is 12.3 Å². The van der Waals surface area contributed by atoms with E-state index in [0.29, 0.717) is 0 Å². The number of nitrogens with zero attached hydrogens (tertiary/aromatic N) is 1. The summed E-state index contributed by atoms with van der Waals surface area (Å²) in [4.78, 5) is 0. The minimum atomic E-state index is -0.429. The molecular formula is C18H28B2N2O4S. The lowest BCUT2D eigenvalue weighted by atomic mass is 9.72. The normalized spacial score (nSPS) is 29.9. The zero-order valence-electron chi connectivity index (χ0n) is 17.4. The third-order valence-electron chi connectivity index (χ3n) is 6.52. The van der Waals surface area contributed by atoms with Crippen LogP contribution in [0.3, 0.4) is 0 Å². The molecule has 6 nitrogen and oxygen atoms in total. The van der Waals surface area contributed by atoms with Gasteiger partial charge in [-0.2, -0.15) is 0 Å². The molecule has 0 aromatic heterocycles. The van der Waals surface area contributed by atoms with Gasteiger partial charge in [-0.25, -0.2) is 0 Å². The monoisotopic (exact) mass is 390 g/mol. The average molecular weight is 390 g/mol. The largest absolute Gasteiger partial charge is 0.513 e. The molecule has 9 heteroatoms. The van der Waals surface area contributed by atoms with Crippen molar-refractivity contribution < 1.29 is 18.6 Å². The molecule has 27 heavy (non-hydrogen) atoms. The van der Waals surface area contributed by atoms with Gasteiger partial charge in [0.1, 0.15) is 0 Å². The number of rotatable bonds is 2. The zero-order valence-corrected chi connectivity index (χ0v) is 18.2. The number of hydrogen-bond donors (Lipinski definition) is 1. The molecule has 0 saturated carbocycles. The first-order valence-corrected chi connectivity index (χ1v) is 10.2. The molecule has 1 N–H and O–H groups in total. The van der Waals surface area contributed by atoms with Crippen LogP contribution < -0.4 is 4.72 Å². The highest BCUT2D eigenvalue weighted by atomic mass is 32.2. The van der Waals surface area contributed by atoms with Crippen molar-refractivity contribution in [1.82, 2.24) is 9.03 Å². The molecule has 0 radical (unpaired) electrons. The zero-order chi connectivity index (χ0) is 19.8. The van der Waals surface area contributed by atoms with E-state index in [1.165, 1.54) is 12.1 Å². The number of nitrogens with one attached hydrogen (secondary N) is 1. The van der Waals surface area contributed by atoms with Gasteiger partial charge >= 0.3 is 14.2 Å². The van der Waals surface area contributed by atoms with E-state index in [1.54, 1.807) is 0 Å². The van der Waals surface area contributed by atoms with Gasteiger partial charge in [0.15, 0.2) is 0 Å². The van der Waals surface area contributed by atoms with Crippen LogP contribution in [0.2, 0.25) is 0 Å². The third-order valence-corrected chi connectivity index (χ3v) is 7.34. The summed E-state index contributed by atoms with van der Waals surface area (Å²) in [5, 5.41) is 0. The topological polar surface area (TPSA) is 52.2 Å². The van der Waals surface area contributed by atoms with Crippen LogP contribution in [-0.2, 0) is 18.6 Å². The van der Waals surface area contributed by atoms with Crippen LogP contribution in [0.1, 0.15) is 55.4 Å². The highest BCUT2D eigenvalue weighted by molar-refractivity contribution is 7.95. The van der Waals surface area contributed by atoms with Crippen LogP contribution in [0.25, 0.3) is 0 Å². The lowest BCUT2D eigenvalue weighted by Gasteiger charge is -2.32. The maximum Gasteiger partial charge on any atom is 0.513 e. The Kier molecular flexibility index (Phi) is 4.20. The second-order valence-electron chi connectivity index (χ2n) is 9.42. The summed E-state index contributed by atoms with van der Waals surface area (Å²) in [5.41, 5.74) is 1.44. The van der Waals surface area contributed by atoms with Gasteiger partial charge in [-0.05, 0) is 61.5 Å². The highest BCUT2D eigenvalue weighted by Gasteiger charge is 2.57. The number of hydrogen-bond acceptors (Lipinski definition) is 7. The molecule has 0 amide bonds. The molecule has 0 spiro atoms. The fourth-order valence-corrected chi connectivity index (χ4v) is 4.05. The molecule has 146 valence electrons. The number of fused-ring (bicyclic) bond motifs is 1. The Morgan fingerprint density at radius 2 is 1.26 bits per heavy atom. The van der Waals surface area contributed by atoms with E-state index in [2.05, 4.69) is 70.5 Å². The molecule has 4 rings (SSSR count). The van der Waals surface area contributed by atoms with E-state index in [9.17, 15) is 0 Å². The minimum absolute atomic E-state index is 0.376. The first kappa shape index (κ1) is 19.5. The van der Waals surface area contributed by atoms with Crippen LogP contribution in [0.5, 0.6) is 0 Å². The van der Waals surface area contributed by atoms with Gasteiger partial charge in [-0.15, -0.1) is 0 Å². The Balaban J connectivity index is 1.64. The summed E-state index contributed by atoms with van der Waals surface area (Å²) in [5.74, 6) is 0. The molecule has 0 aromatic carbocycles. The first-order chi connectivity index (χ1) is 12.3. The molecule has 4 heterocycles. The van der Waals surface area contributed by atoms with E-state index in [-0.39, 0.29) is 22.4 Å². The average Bonchev–Trinajstić information content (AvgIpc) is 3.13. The summed E-state index contributed by atoms with van der Waals surface area (Å²) < 4.78 is 30.3. The van der Waals surface area contributed by atoms with Crippen molar-refractivity contribution in [3.05, 3.63) is 35.1 Å². The second-order valence-corrected chi connectivity index (χ2v) is 10.2. The van der Waals surface area contributed by atoms with Gasteiger partial charge < -0.3 is 23.3 Å².